The summed E-state index contributed by atoms with van der Waals surface area (Å²) >= 11 is 0. The maximum absolute atomic E-state index is 13.9. The molecule has 0 amide bonds. The van der Waals surface area contributed by atoms with Gasteiger partial charge >= 0.3 is 13.7 Å². The number of nitriles is 1. The molecule has 4 aromatic rings. The van der Waals surface area contributed by atoms with Gasteiger partial charge in [0.25, 0.3) is 0 Å². The Balaban J connectivity index is 1.56. The smallest absolute Gasteiger partial charge is 0.460 e. The van der Waals surface area contributed by atoms with Gasteiger partial charge in [0.15, 0.2) is 0 Å². The first kappa shape index (κ1) is 24.0. The molecule has 2 atom stereocenters. The lowest BCUT2D eigenvalue weighted by Gasteiger charge is -2.23. The number of carbonyl (C=O) groups is 1. The normalized spacial score (nSPS) is 13.3. The molecule has 0 fully saturated rings. The molecule has 8 heteroatoms. The average Bonchev–Trinajstić information content (AvgIpc) is 2.88. The monoisotopic (exact) mass is 486 g/mol. The van der Waals surface area contributed by atoms with Crippen molar-refractivity contribution in [2.24, 2.45) is 0 Å². The minimum absolute atomic E-state index is 0.0800. The molecule has 176 valence electrons. The van der Waals surface area contributed by atoms with Crippen LogP contribution in [0.5, 0.6) is 11.5 Å². The lowest BCUT2D eigenvalue weighted by atomic mass is 10.1. The quantitative estimate of drug-likeness (QED) is 0.229. The van der Waals surface area contributed by atoms with E-state index in [-0.39, 0.29) is 12.4 Å². The third-order valence-electron chi connectivity index (χ3n) is 5.11. The van der Waals surface area contributed by atoms with Crippen LogP contribution < -0.4 is 14.1 Å². The van der Waals surface area contributed by atoms with Crippen molar-refractivity contribution in [3.8, 4) is 17.6 Å². The van der Waals surface area contributed by atoms with Gasteiger partial charge in [-0.2, -0.15) is 10.3 Å². The summed E-state index contributed by atoms with van der Waals surface area (Å²) in [7, 11) is -4.13. The van der Waals surface area contributed by atoms with Crippen LogP contribution in [0.3, 0.4) is 0 Å². The van der Waals surface area contributed by atoms with Crippen molar-refractivity contribution in [1.29, 1.82) is 5.26 Å². The largest absolute Gasteiger partial charge is 0.513 e. The number of rotatable bonds is 9. The van der Waals surface area contributed by atoms with E-state index >= 15 is 0 Å². The van der Waals surface area contributed by atoms with Crippen molar-refractivity contribution in [3.63, 3.8) is 0 Å². The zero-order valence-electron chi connectivity index (χ0n) is 19.0. The topological polar surface area (TPSA) is 97.6 Å². The molecule has 0 saturated heterocycles. The molecule has 0 saturated carbocycles. The molecule has 7 nitrogen and oxygen atoms in total. The number of benzene rings is 4. The fraction of sp³-hybridized carbons (Fsp3) is 0.111. The first-order valence-corrected chi connectivity index (χ1v) is 12.5. The lowest BCUT2D eigenvalue weighted by Crippen LogP contribution is -2.35. The van der Waals surface area contributed by atoms with Crippen LogP contribution in [0.2, 0.25) is 0 Å². The molecule has 1 unspecified atom stereocenters. The molecule has 1 N–H and O–H groups in total. The zero-order valence-corrected chi connectivity index (χ0v) is 19.9. The highest BCUT2D eigenvalue weighted by molar-refractivity contribution is 7.52. The van der Waals surface area contributed by atoms with E-state index in [4.69, 9.17) is 19.0 Å². The second-order valence-electron chi connectivity index (χ2n) is 7.74. The Morgan fingerprint density at radius 2 is 1.60 bits per heavy atom. The molecule has 0 spiro atoms. The van der Waals surface area contributed by atoms with Crippen LogP contribution in [0.4, 0.5) is 0 Å². The second-order valence-corrected chi connectivity index (χ2v) is 9.36. The first-order valence-electron chi connectivity index (χ1n) is 10.9. The summed E-state index contributed by atoms with van der Waals surface area (Å²) in [6.07, 6.45) is 0. The Bertz CT molecular complexity index is 1400. The van der Waals surface area contributed by atoms with Crippen molar-refractivity contribution >= 4 is 24.5 Å². The second kappa shape index (κ2) is 10.9. The standard InChI is InChI=1S/C27H23N2O5P/c1-20(27(30)32-19-22-8-3-2-4-9-22)29-35(31,33-24-16-14-21(18-28)15-17-24)34-26-13-7-11-23-10-5-6-12-25(23)26/h2-17,20H,19H2,1H3,(H,29,31)/t20-,35?/m0/s1. The molecule has 0 radical (unpaired) electrons. The van der Waals surface area contributed by atoms with Gasteiger partial charge in [-0.05, 0) is 48.2 Å². The highest BCUT2D eigenvalue weighted by atomic mass is 31.2. The number of nitrogens with zero attached hydrogens (tertiary/aromatic N) is 1. The maximum atomic E-state index is 13.9. The molecular formula is C27H23N2O5P. The minimum Gasteiger partial charge on any atom is -0.460 e. The Hall–Kier alpha value is -4.11. The van der Waals surface area contributed by atoms with Gasteiger partial charge in [0.05, 0.1) is 11.6 Å². The number of carbonyl (C=O) groups excluding carboxylic acids is 1. The van der Waals surface area contributed by atoms with E-state index in [1.54, 1.807) is 12.1 Å². The Morgan fingerprint density at radius 3 is 2.34 bits per heavy atom. The summed E-state index contributed by atoms with van der Waals surface area (Å²) in [6, 6.07) is 29.2. The van der Waals surface area contributed by atoms with Crippen molar-refractivity contribution in [1.82, 2.24) is 5.09 Å². The predicted octanol–water partition coefficient (Wildman–Crippen LogP) is 6.00. The average molecular weight is 486 g/mol. The van der Waals surface area contributed by atoms with Gasteiger partial charge in [-0.3, -0.25) is 4.79 Å². The van der Waals surface area contributed by atoms with Crippen LogP contribution in [-0.2, 0) is 20.7 Å². The fourth-order valence-electron chi connectivity index (χ4n) is 3.35. The molecule has 0 aliphatic carbocycles. The molecule has 0 aliphatic heterocycles. The van der Waals surface area contributed by atoms with E-state index in [9.17, 15) is 9.36 Å². The summed E-state index contributed by atoms with van der Waals surface area (Å²) in [5, 5.41) is 13.4. The van der Waals surface area contributed by atoms with Crippen molar-refractivity contribution in [2.45, 2.75) is 19.6 Å². The van der Waals surface area contributed by atoms with Crippen LogP contribution in [0.15, 0.2) is 97.1 Å². The summed E-state index contributed by atoms with van der Waals surface area (Å²) < 4.78 is 30.9. The lowest BCUT2D eigenvalue weighted by molar-refractivity contribution is -0.146. The number of ether oxygens (including phenoxy) is 1. The van der Waals surface area contributed by atoms with E-state index in [1.807, 2.05) is 66.7 Å². The predicted molar refractivity (Wildman–Crippen MR) is 133 cm³/mol. The van der Waals surface area contributed by atoms with E-state index in [0.717, 1.165) is 16.3 Å². The number of hydrogen-bond donors (Lipinski definition) is 1. The number of fused-ring (bicyclic) bond motifs is 1. The number of hydrogen-bond acceptors (Lipinski definition) is 6. The van der Waals surface area contributed by atoms with E-state index < -0.39 is 19.8 Å². The minimum atomic E-state index is -4.13. The SMILES string of the molecule is C[C@H](NP(=O)(Oc1ccc(C#N)cc1)Oc1cccc2ccccc12)C(=O)OCc1ccccc1. The fourth-order valence-corrected chi connectivity index (χ4v) is 4.89. The molecule has 0 aromatic heterocycles. The van der Waals surface area contributed by atoms with Crippen LogP contribution in [0.25, 0.3) is 10.8 Å². The molecule has 0 bridgehead atoms. The van der Waals surface area contributed by atoms with Crippen LogP contribution in [0.1, 0.15) is 18.1 Å². The third-order valence-corrected chi connectivity index (χ3v) is 6.70. The summed E-state index contributed by atoms with van der Waals surface area (Å²) in [6.45, 7) is 1.60. The molecule has 35 heavy (non-hydrogen) atoms. The highest BCUT2D eigenvalue weighted by Gasteiger charge is 2.34. The maximum Gasteiger partial charge on any atom is 0.513 e. The summed E-state index contributed by atoms with van der Waals surface area (Å²) in [5.41, 5.74) is 1.25. The summed E-state index contributed by atoms with van der Waals surface area (Å²) in [5.74, 6) is -0.0682. The third kappa shape index (κ3) is 6.27. The van der Waals surface area contributed by atoms with E-state index in [1.165, 1.54) is 31.2 Å². The first-order chi connectivity index (χ1) is 17.0. The number of nitrogens with one attached hydrogen (secondary N) is 1. The molecule has 0 heterocycles. The molecule has 4 rings (SSSR count). The van der Waals surface area contributed by atoms with Gasteiger partial charge in [-0.25, -0.2) is 4.57 Å². The molecule has 0 aliphatic rings. The van der Waals surface area contributed by atoms with Crippen LogP contribution >= 0.6 is 7.75 Å². The van der Waals surface area contributed by atoms with Crippen molar-refractivity contribution in [2.75, 3.05) is 0 Å². The van der Waals surface area contributed by atoms with Crippen LogP contribution in [0, 0.1) is 11.3 Å². The van der Waals surface area contributed by atoms with Crippen LogP contribution in [-0.4, -0.2) is 12.0 Å². The molecule has 4 aromatic carbocycles. The highest BCUT2D eigenvalue weighted by Crippen LogP contribution is 2.47. The Labute approximate surface area is 203 Å². The van der Waals surface area contributed by atoms with Gasteiger partial charge in [0.1, 0.15) is 24.1 Å². The Kier molecular flexibility index (Phi) is 7.47. The number of esters is 1. The van der Waals surface area contributed by atoms with E-state index in [0.29, 0.717) is 11.3 Å². The van der Waals surface area contributed by atoms with Gasteiger partial charge in [-0.1, -0.05) is 66.7 Å². The van der Waals surface area contributed by atoms with Gasteiger partial charge in [0, 0.05) is 5.39 Å². The van der Waals surface area contributed by atoms with E-state index in [2.05, 4.69) is 5.09 Å². The Morgan fingerprint density at radius 1 is 0.914 bits per heavy atom. The van der Waals surface area contributed by atoms with Gasteiger partial charge in [-0.15, -0.1) is 0 Å². The summed E-state index contributed by atoms with van der Waals surface area (Å²) in [4.78, 5) is 12.6. The van der Waals surface area contributed by atoms with Crippen molar-refractivity contribution in [3.05, 3.63) is 108 Å². The molecular weight excluding hydrogens is 463 g/mol. The van der Waals surface area contributed by atoms with Gasteiger partial charge < -0.3 is 13.8 Å². The van der Waals surface area contributed by atoms with Gasteiger partial charge in [0.2, 0.25) is 0 Å². The van der Waals surface area contributed by atoms with Crippen molar-refractivity contribution < 1.29 is 23.1 Å². The zero-order chi connectivity index (χ0) is 24.7.